The zero-order valence-corrected chi connectivity index (χ0v) is 13.0. The number of hydrogen-bond acceptors (Lipinski definition) is 3. The summed E-state index contributed by atoms with van der Waals surface area (Å²) in [6.45, 7) is 13.1. The summed E-state index contributed by atoms with van der Waals surface area (Å²) in [5, 5.41) is 2.79. The normalized spacial score (nSPS) is 11.6. The van der Waals surface area contributed by atoms with E-state index in [0.717, 1.165) is 11.7 Å². The van der Waals surface area contributed by atoms with Gasteiger partial charge in [0, 0.05) is 12.3 Å². The van der Waals surface area contributed by atoms with Gasteiger partial charge in [0.2, 0.25) is 5.91 Å². The van der Waals surface area contributed by atoms with Crippen LogP contribution < -0.4 is 5.32 Å². The first kappa shape index (κ1) is 16.9. The Bertz CT molecular complexity index is 240. The molecule has 1 amide bonds. The Morgan fingerprint density at radius 2 is 1.94 bits per heavy atom. The summed E-state index contributed by atoms with van der Waals surface area (Å²) >= 11 is 3.90. The van der Waals surface area contributed by atoms with Gasteiger partial charge in [-0.2, -0.15) is 0 Å². The van der Waals surface area contributed by atoms with Gasteiger partial charge < -0.3 is 5.32 Å². The molecule has 17 heavy (non-hydrogen) atoms. The molecular formula is C13H25NOS2. The van der Waals surface area contributed by atoms with Crippen molar-refractivity contribution in [1.82, 2.24) is 5.32 Å². The van der Waals surface area contributed by atoms with Gasteiger partial charge in [0.15, 0.2) is 0 Å². The smallest absolute Gasteiger partial charge is 0.243 e. The molecule has 0 aliphatic heterocycles. The first-order chi connectivity index (χ1) is 7.87. The van der Waals surface area contributed by atoms with Gasteiger partial charge in [0.05, 0.1) is 4.08 Å². The van der Waals surface area contributed by atoms with Crippen LogP contribution >= 0.6 is 23.5 Å². The lowest BCUT2D eigenvalue weighted by Gasteiger charge is -2.24. The number of nitrogens with one attached hydrogen (secondary N) is 1. The van der Waals surface area contributed by atoms with E-state index in [1.807, 2.05) is 23.5 Å². The molecular weight excluding hydrogens is 250 g/mol. The largest absolute Gasteiger partial charge is 0.352 e. The molecule has 100 valence electrons. The molecule has 0 saturated heterocycles. The highest BCUT2D eigenvalue weighted by atomic mass is 32.2. The zero-order chi connectivity index (χ0) is 13.3. The van der Waals surface area contributed by atoms with Crippen molar-refractivity contribution >= 4 is 29.4 Å². The number of carbonyl (C=O) groups excluding carboxylic acids is 1. The Kier molecular flexibility index (Phi) is 8.88. The Labute approximate surface area is 114 Å². The lowest BCUT2D eigenvalue weighted by molar-refractivity contribution is -0.116. The van der Waals surface area contributed by atoms with Crippen LogP contribution in [-0.2, 0) is 4.79 Å². The Hall–Kier alpha value is -0.0900. The maximum Gasteiger partial charge on any atom is 0.243 e. The molecule has 0 bridgehead atoms. The standard InChI is InChI=1S/C13H25NOS2/c1-6-12(15)14-8-10-17-13(4,5)16-9-7-11(2)3/h6,11H,1,7-10H2,2-5H3,(H,14,15). The molecule has 0 aromatic rings. The fourth-order valence-corrected chi connectivity index (χ4v) is 3.74. The average Bonchev–Trinajstić information content (AvgIpc) is 2.23. The zero-order valence-electron chi connectivity index (χ0n) is 11.4. The van der Waals surface area contributed by atoms with Crippen molar-refractivity contribution in [2.75, 3.05) is 18.1 Å². The van der Waals surface area contributed by atoms with Crippen LogP contribution in [0.2, 0.25) is 0 Å². The van der Waals surface area contributed by atoms with Gasteiger partial charge in [-0.3, -0.25) is 4.79 Å². The second-order valence-corrected chi connectivity index (χ2v) is 8.47. The van der Waals surface area contributed by atoms with Crippen molar-refractivity contribution in [1.29, 1.82) is 0 Å². The molecule has 2 nitrogen and oxygen atoms in total. The Morgan fingerprint density at radius 3 is 2.47 bits per heavy atom. The number of thioether (sulfide) groups is 2. The summed E-state index contributed by atoms with van der Waals surface area (Å²) in [5.41, 5.74) is 0. The van der Waals surface area contributed by atoms with E-state index in [4.69, 9.17) is 0 Å². The molecule has 0 aliphatic rings. The quantitative estimate of drug-likeness (QED) is 0.396. The number of carbonyl (C=O) groups is 1. The topological polar surface area (TPSA) is 29.1 Å². The van der Waals surface area contributed by atoms with Crippen LogP contribution in [0.1, 0.15) is 34.1 Å². The maximum atomic E-state index is 10.9. The fraction of sp³-hybridized carbons (Fsp3) is 0.769. The highest BCUT2D eigenvalue weighted by molar-refractivity contribution is 8.18. The van der Waals surface area contributed by atoms with E-state index in [1.165, 1.54) is 18.2 Å². The molecule has 0 aliphatic carbocycles. The summed E-state index contributed by atoms with van der Waals surface area (Å²) in [5.74, 6) is 2.84. The Morgan fingerprint density at radius 1 is 1.35 bits per heavy atom. The highest BCUT2D eigenvalue weighted by Crippen LogP contribution is 2.36. The number of amides is 1. The minimum atomic E-state index is -0.0872. The van der Waals surface area contributed by atoms with Crippen LogP contribution in [0.25, 0.3) is 0 Å². The second kappa shape index (κ2) is 8.92. The summed E-state index contributed by atoms with van der Waals surface area (Å²) < 4.78 is 0.230. The van der Waals surface area contributed by atoms with Gasteiger partial charge in [-0.05, 0) is 38.0 Å². The second-order valence-electron chi connectivity index (χ2n) is 4.77. The van der Waals surface area contributed by atoms with Crippen molar-refractivity contribution in [3.8, 4) is 0 Å². The van der Waals surface area contributed by atoms with Gasteiger partial charge in [-0.25, -0.2) is 0 Å². The molecule has 0 spiro atoms. The van der Waals surface area contributed by atoms with E-state index in [9.17, 15) is 4.79 Å². The molecule has 0 fully saturated rings. The summed E-state index contributed by atoms with van der Waals surface area (Å²) in [4.78, 5) is 10.9. The summed E-state index contributed by atoms with van der Waals surface area (Å²) in [6, 6.07) is 0. The molecule has 0 aromatic heterocycles. The van der Waals surface area contributed by atoms with E-state index >= 15 is 0 Å². The Balaban J connectivity index is 3.63. The third kappa shape index (κ3) is 10.8. The summed E-state index contributed by atoms with van der Waals surface area (Å²) in [7, 11) is 0. The monoisotopic (exact) mass is 275 g/mol. The van der Waals surface area contributed by atoms with Crippen molar-refractivity contribution in [2.45, 2.75) is 38.2 Å². The van der Waals surface area contributed by atoms with Gasteiger partial charge in [-0.1, -0.05) is 20.4 Å². The molecule has 0 rings (SSSR count). The van der Waals surface area contributed by atoms with Crippen LogP contribution in [0.15, 0.2) is 12.7 Å². The molecule has 4 heteroatoms. The molecule has 0 heterocycles. The van der Waals surface area contributed by atoms with Gasteiger partial charge in [-0.15, -0.1) is 23.5 Å². The lowest BCUT2D eigenvalue weighted by Crippen LogP contribution is -2.25. The SMILES string of the molecule is C=CC(=O)NCCSC(C)(C)SCCC(C)C. The maximum absolute atomic E-state index is 10.9. The van der Waals surface area contributed by atoms with Crippen LogP contribution in [0.5, 0.6) is 0 Å². The minimum Gasteiger partial charge on any atom is -0.352 e. The molecule has 0 radical (unpaired) electrons. The predicted octanol–water partition coefficient (Wildman–Crippen LogP) is 3.54. The van der Waals surface area contributed by atoms with Crippen molar-refractivity contribution in [2.24, 2.45) is 5.92 Å². The van der Waals surface area contributed by atoms with Crippen LogP contribution in [0.3, 0.4) is 0 Å². The first-order valence-corrected chi connectivity index (χ1v) is 8.02. The first-order valence-electron chi connectivity index (χ1n) is 6.05. The predicted molar refractivity (Wildman–Crippen MR) is 81.7 cm³/mol. The fourth-order valence-electron chi connectivity index (χ4n) is 1.13. The average molecular weight is 275 g/mol. The third-order valence-electron chi connectivity index (χ3n) is 2.18. The van der Waals surface area contributed by atoms with E-state index in [2.05, 4.69) is 39.6 Å². The van der Waals surface area contributed by atoms with Crippen LogP contribution in [0.4, 0.5) is 0 Å². The molecule has 0 atom stereocenters. The number of hydrogen-bond donors (Lipinski definition) is 1. The molecule has 1 N–H and O–H groups in total. The van der Waals surface area contributed by atoms with Gasteiger partial charge in [0.25, 0.3) is 0 Å². The molecule has 0 aromatic carbocycles. The van der Waals surface area contributed by atoms with Crippen LogP contribution in [0, 0.1) is 5.92 Å². The van der Waals surface area contributed by atoms with E-state index in [1.54, 1.807) is 0 Å². The summed E-state index contributed by atoms with van der Waals surface area (Å²) in [6.07, 6.45) is 2.58. The van der Waals surface area contributed by atoms with Crippen molar-refractivity contribution in [3.05, 3.63) is 12.7 Å². The molecule has 0 saturated carbocycles. The van der Waals surface area contributed by atoms with Crippen LogP contribution in [-0.4, -0.2) is 28.0 Å². The minimum absolute atomic E-state index is 0.0872. The van der Waals surface area contributed by atoms with Gasteiger partial charge in [0.1, 0.15) is 0 Å². The van der Waals surface area contributed by atoms with Crippen molar-refractivity contribution in [3.63, 3.8) is 0 Å². The van der Waals surface area contributed by atoms with E-state index < -0.39 is 0 Å². The highest BCUT2D eigenvalue weighted by Gasteiger charge is 2.18. The molecule has 0 unspecified atom stereocenters. The van der Waals surface area contributed by atoms with Gasteiger partial charge >= 0.3 is 0 Å². The van der Waals surface area contributed by atoms with Crippen molar-refractivity contribution < 1.29 is 4.79 Å². The lowest BCUT2D eigenvalue weighted by atomic mass is 10.2. The van der Waals surface area contributed by atoms with E-state index in [-0.39, 0.29) is 9.99 Å². The third-order valence-corrected chi connectivity index (χ3v) is 5.13. The number of rotatable bonds is 9. The van der Waals surface area contributed by atoms with E-state index in [0.29, 0.717) is 6.54 Å².